The van der Waals surface area contributed by atoms with Gasteiger partial charge in [-0.05, 0) is 18.0 Å². The van der Waals surface area contributed by atoms with Gasteiger partial charge in [0, 0.05) is 6.04 Å². The third-order valence-corrected chi connectivity index (χ3v) is 4.79. The molecular formula is C12H17NO2S. The van der Waals surface area contributed by atoms with E-state index in [0.29, 0.717) is 5.75 Å². The molecule has 0 aliphatic carbocycles. The molecule has 2 atom stereocenters. The Hall–Kier alpha value is -0.870. The van der Waals surface area contributed by atoms with Crippen molar-refractivity contribution in [3.05, 3.63) is 35.9 Å². The van der Waals surface area contributed by atoms with Gasteiger partial charge in [0.05, 0.1) is 11.5 Å². The molecule has 3 nitrogen and oxygen atoms in total. The lowest BCUT2D eigenvalue weighted by Gasteiger charge is -2.15. The molecule has 0 radical (unpaired) electrons. The van der Waals surface area contributed by atoms with Crippen LogP contribution in [0.5, 0.6) is 0 Å². The number of rotatable bonds is 1. The van der Waals surface area contributed by atoms with Crippen LogP contribution in [0.4, 0.5) is 0 Å². The van der Waals surface area contributed by atoms with E-state index in [9.17, 15) is 8.42 Å². The van der Waals surface area contributed by atoms with Crippen LogP contribution in [0.25, 0.3) is 0 Å². The normalized spacial score (nSPS) is 29.6. The summed E-state index contributed by atoms with van der Waals surface area (Å²) in [5.41, 5.74) is 1.06. The number of sulfone groups is 1. The van der Waals surface area contributed by atoms with Crippen LogP contribution in [0.15, 0.2) is 30.3 Å². The van der Waals surface area contributed by atoms with Crippen LogP contribution in [0.2, 0.25) is 0 Å². The van der Waals surface area contributed by atoms with Gasteiger partial charge in [0.25, 0.3) is 0 Å². The van der Waals surface area contributed by atoms with E-state index in [4.69, 9.17) is 0 Å². The van der Waals surface area contributed by atoms with Crippen molar-refractivity contribution in [2.24, 2.45) is 5.92 Å². The van der Waals surface area contributed by atoms with Gasteiger partial charge in [-0.25, -0.2) is 8.42 Å². The maximum absolute atomic E-state index is 11.8. The van der Waals surface area contributed by atoms with E-state index in [1.54, 1.807) is 0 Å². The summed E-state index contributed by atoms with van der Waals surface area (Å²) in [7, 11) is -2.93. The molecule has 2 unspecified atom stereocenters. The van der Waals surface area contributed by atoms with E-state index in [1.165, 1.54) is 0 Å². The average molecular weight is 239 g/mol. The zero-order chi connectivity index (χ0) is 11.6. The summed E-state index contributed by atoms with van der Waals surface area (Å²) in [4.78, 5) is 0. The first-order valence-electron chi connectivity index (χ1n) is 5.55. The van der Waals surface area contributed by atoms with Crippen molar-refractivity contribution in [1.29, 1.82) is 0 Å². The molecule has 0 aromatic heterocycles. The van der Waals surface area contributed by atoms with E-state index in [-0.39, 0.29) is 17.7 Å². The number of hydrogen-bond donors (Lipinski definition) is 1. The Bertz CT molecular complexity index is 441. The van der Waals surface area contributed by atoms with E-state index in [2.05, 4.69) is 5.32 Å². The molecule has 1 aromatic rings. The van der Waals surface area contributed by atoms with E-state index in [1.807, 2.05) is 37.3 Å². The minimum absolute atomic E-state index is 0.0591. The van der Waals surface area contributed by atoms with Crippen molar-refractivity contribution in [2.75, 3.05) is 18.1 Å². The molecule has 1 heterocycles. The van der Waals surface area contributed by atoms with Gasteiger partial charge in [0.2, 0.25) is 0 Å². The Balaban J connectivity index is 2.23. The fourth-order valence-electron chi connectivity index (χ4n) is 2.12. The summed E-state index contributed by atoms with van der Waals surface area (Å²) < 4.78 is 23.6. The number of nitrogens with one attached hydrogen (secondary N) is 1. The summed E-state index contributed by atoms with van der Waals surface area (Å²) in [5, 5.41) is 3.32. The number of benzene rings is 1. The van der Waals surface area contributed by atoms with E-state index in [0.717, 1.165) is 12.1 Å². The quantitative estimate of drug-likeness (QED) is 0.805. The fourth-order valence-corrected chi connectivity index (χ4v) is 4.06. The molecular weight excluding hydrogens is 222 g/mol. The second-order valence-corrected chi connectivity index (χ2v) is 6.71. The van der Waals surface area contributed by atoms with Crippen molar-refractivity contribution in [3.8, 4) is 0 Å². The van der Waals surface area contributed by atoms with Gasteiger partial charge in [-0.2, -0.15) is 0 Å². The van der Waals surface area contributed by atoms with Gasteiger partial charge in [-0.1, -0.05) is 37.3 Å². The maximum atomic E-state index is 11.8. The first-order valence-corrected chi connectivity index (χ1v) is 7.38. The minimum atomic E-state index is -2.93. The van der Waals surface area contributed by atoms with Gasteiger partial charge in [-0.15, -0.1) is 0 Å². The fraction of sp³-hybridized carbons (Fsp3) is 0.500. The molecule has 1 N–H and O–H groups in total. The third-order valence-electron chi connectivity index (χ3n) is 2.87. The van der Waals surface area contributed by atoms with E-state index < -0.39 is 9.84 Å². The molecule has 0 bridgehead atoms. The molecule has 4 heteroatoms. The smallest absolute Gasteiger partial charge is 0.152 e. The average Bonchev–Trinajstić information content (AvgIpc) is 2.37. The summed E-state index contributed by atoms with van der Waals surface area (Å²) in [6.45, 7) is 2.73. The lowest BCUT2D eigenvalue weighted by atomic mass is 10.1. The predicted molar refractivity (Wildman–Crippen MR) is 65.0 cm³/mol. The van der Waals surface area contributed by atoms with Gasteiger partial charge in [0.15, 0.2) is 9.84 Å². The molecule has 0 amide bonds. The lowest BCUT2D eigenvalue weighted by Crippen LogP contribution is -2.26. The first kappa shape index (κ1) is 11.6. The standard InChI is InChI=1S/C12H17NO2S/c1-10-7-13-12(9-16(14,15)8-10)11-5-3-2-4-6-11/h2-6,10,12-13H,7-9H2,1H3. The predicted octanol–water partition coefficient (Wildman–Crippen LogP) is 1.38. The molecule has 88 valence electrons. The second kappa shape index (κ2) is 4.55. The molecule has 1 aliphatic rings. The second-order valence-electron chi connectivity index (χ2n) is 4.55. The summed E-state index contributed by atoms with van der Waals surface area (Å²) in [6, 6.07) is 9.72. The molecule has 2 rings (SSSR count). The van der Waals surface area contributed by atoms with Crippen molar-refractivity contribution < 1.29 is 8.42 Å². The monoisotopic (exact) mass is 239 g/mol. The Morgan fingerprint density at radius 3 is 2.56 bits per heavy atom. The Labute approximate surface area is 96.8 Å². The van der Waals surface area contributed by atoms with Crippen molar-refractivity contribution in [1.82, 2.24) is 5.32 Å². The maximum Gasteiger partial charge on any atom is 0.152 e. The van der Waals surface area contributed by atoms with Crippen LogP contribution >= 0.6 is 0 Å². The molecule has 1 saturated heterocycles. The van der Waals surface area contributed by atoms with Crippen molar-refractivity contribution in [3.63, 3.8) is 0 Å². The highest BCUT2D eigenvalue weighted by Gasteiger charge is 2.26. The Kier molecular flexibility index (Phi) is 3.30. The largest absolute Gasteiger partial charge is 0.309 e. The number of hydrogen-bond acceptors (Lipinski definition) is 3. The minimum Gasteiger partial charge on any atom is -0.309 e. The third kappa shape index (κ3) is 2.83. The Morgan fingerprint density at radius 1 is 1.19 bits per heavy atom. The zero-order valence-electron chi connectivity index (χ0n) is 9.39. The van der Waals surface area contributed by atoms with Crippen LogP contribution in [0, 0.1) is 5.92 Å². The Morgan fingerprint density at radius 2 is 1.88 bits per heavy atom. The summed E-state index contributed by atoms with van der Waals surface area (Å²) in [6.07, 6.45) is 0. The van der Waals surface area contributed by atoms with Gasteiger partial charge in [-0.3, -0.25) is 0 Å². The zero-order valence-corrected chi connectivity index (χ0v) is 10.2. The molecule has 0 saturated carbocycles. The van der Waals surface area contributed by atoms with Gasteiger partial charge in [0.1, 0.15) is 0 Å². The molecule has 0 spiro atoms. The molecule has 1 aliphatic heterocycles. The van der Waals surface area contributed by atoms with Crippen LogP contribution in [-0.2, 0) is 9.84 Å². The van der Waals surface area contributed by atoms with Crippen molar-refractivity contribution in [2.45, 2.75) is 13.0 Å². The SMILES string of the molecule is CC1CNC(c2ccccc2)CS(=O)(=O)C1. The van der Waals surface area contributed by atoms with Crippen LogP contribution in [0.3, 0.4) is 0 Å². The highest BCUT2D eigenvalue weighted by Crippen LogP contribution is 2.19. The topological polar surface area (TPSA) is 46.2 Å². The van der Waals surface area contributed by atoms with Crippen molar-refractivity contribution >= 4 is 9.84 Å². The first-order chi connectivity index (χ1) is 7.57. The van der Waals surface area contributed by atoms with Crippen LogP contribution in [0.1, 0.15) is 18.5 Å². The molecule has 1 aromatic carbocycles. The molecule has 1 fully saturated rings. The summed E-state index contributed by atoms with van der Waals surface area (Å²) in [5.74, 6) is 0.698. The van der Waals surface area contributed by atoms with Gasteiger partial charge < -0.3 is 5.32 Å². The van der Waals surface area contributed by atoms with Crippen LogP contribution in [-0.4, -0.2) is 26.5 Å². The van der Waals surface area contributed by atoms with Gasteiger partial charge >= 0.3 is 0 Å². The van der Waals surface area contributed by atoms with Crippen LogP contribution < -0.4 is 5.32 Å². The highest BCUT2D eigenvalue weighted by atomic mass is 32.2. The molecule has 16 heavy (non-hydrogen) atoms. The van der Waals surface area contributed by atoms with E-state index >= 15 is 0 Å². The lowest BCUT2D eigenvalue weighted by molar-refractivity contribution is 0.517. The highest BCUT2D eigenvalue weighted by molar-refractivity contribution is 7.91. The summed E-state index contributed by atoms with van der Waals surface area (Å²) >= 11 is 0.